The van der Waals surface area contributed by atoms with Crippen LogP contribution in [0.3, 0.4) is 0 Å². The standard InChI is InChI=1S/4C2H4O2.Cr.4O.3Pb/c4*1-2(3)4;;;;;;;;/h4*1H3,(H,3,4);;;;;;;;/q;;;;;;;2*-1;3*+2/p-4. The first-order valence-corrected chi connectivity index (χ1v) is 6.38. The normalized spacial score (nSPS) is 6.58. The van der Waals surface area contributed by atoms with Crippen LogP contribution in [0, 0.1) is 0 Å². The fourth-order valence-electron chi connectivity index (χ4n) is 0. The van der Waals surface area contributed by atoms with Crippen molar-refractivity contribution in [3.05, 3.63) is 0 Å². The minimum Gasteiger partial charge on any atom is 2.00 e. The number of rotatable bonds is 0. The molecule has 0 rings (SSSR count). The van der Waals surface area contributed by atoms with E-state index < -0.39 is 37.5 Å². The Morgan fingerprint density at radius 3 is 0.542 bits per heavy atom. The average molecular weight is 974 g/mol. The number of hydrogen-bond donors (Lipinski definition) is 0. The van der Waals surface area contributed by atoms with E-state index in [4.69, 9.17) is 55.5 Å². The second kappa shape index (κ2) is 34.9. The topological polar surface area (TPSA) is 241 Å². The van der Waals surface area contributed by atoms with Gasteiger partial charge in [-0.25, -0.2) is 0 Å². The van der Waals surface area contributed by atoms with Gasteiger partial charge in [0.05, 0.1) is 0 Å². The van der Waals surface area contributed by atoms with Crippen molar-refractivity contribution in [2.45, 2.75) is 27.7 Å². The third-order valence-electron chi connectivity index (χ3n) is 0. The van der Waals surface area contributed by atoms with Crippen LogP contribution in [0.1, 0.15) is 27.7 Å². The van der Waals surface area contributed by atoms with Crippen molar-refractivity contribution in [2.75, 3.05) is 0 Å². The van der Waals surface area contributed by atoms with Crippen molar-refractivity contribution in [1.82, 2.24) is 0 Å². The molecule has 0 heterocycles. The van der Waals surface area contributed by atoms with Crippen LogP contribution in [0.25, 0.3) is 0 Å². The molecule has 0 spiro atoms. The molecule has 16 heteroatoms. The summed E-state index contributed by atoms with van der Waals surface area (Å²) in [5.74, 6) is -4.33. The van der Waals surface area contributed by atoms with Crippen LogP contribution >= 0.6 is 0 Å². The molecule has 24 heavy (non-hydrogen) atoms. The zero-order chi connectivity index (χ0) is 18.8. The van der Waals surface area contributed by atoms with E-state index in [1.807, 2.05) is 0 Å². The Kier molecular flexibility index (Phi) is 72.4. The Morgan fingerprint density at radius 2 is 0.542 bits per heavy atom. The van der Waals surface area contributed by atoms with Crippen molar-refractivity contribution in [2.24, 2.45) is 0 Å². The van der Waals surface area contributed by atoms with Crippen LogP contribution in [-0.4, -0.2) is 106 Å². The molecule has 0 unspecified atom stereocenters. The second-order valence-corrected chi connectivity index (χ2v) is 3.65. The summed E-state index contributed by atoms with van der Waals surface area (Å²) in [6.45, 7) is 3.89. The fourth-order valence-corrected chi connectivity index (χ4v) is 0. The van der Waals surface area contributed by atoms with E-state index in [1.54, 1.807) is 0 Å². The van der Waals surface area contributed by atoms with E-state index >= 15 is 0 Å². The van der Waals surface area contributed by atoms with Crippen LogP contribution in [0.2, 0.25) is 0 Å². The summed E-state index contributed by atoms with van der Waals surface area (Å²) >= 11 is -5.75. The summed E-state index contributed by atoms with van der Waals surface area (Å²) in [7, 11) is 0. The zero-order valence-corrected chi connectivity index (χ0v) is 25.7. The van der Waals surface area contributed by atoms with Gasteiger partial charge in [-0.1, -0.05) is 0 Å². The molecular weight excluding hydrogens is 962 g/mol. The number of aliphatic carboxylic acids is 4. The van der Waals surface area contributed by atoms with Gasteiger partial charge < -0.3 is 39.6 Å². The minimum atomic E-state index is -5.75. The van der Waals surface area contributed by atoms with Crippen molar-refractivity contribution < 1.29 is 69.1 Å². The van der Waals surface area contributed by atoms with Gasteiger partial charge in [-0.3, -0.25) is 0 Å². The third kappa shape index (κ3) is 21900. The molecule has 0 aromatic carbocycles. The van der Waals surface area contributed by atoms with E-state index in [2.05, 4.69) is 0 Å². The Hall–Kier alpha value is 0.699. The van der Waals surface area contributed by atoms with E-state index in [1.165, 1.54) is 0 Å². The molecule has 0 saturated heterocycles. The van der Waals surface area contributed by atoms with Gasteiger partial charge in [0.25, 0.3) is 0 Å². The van der Waals surface area contributed by atoms with Gasteiger partial charge in [-0.2, -0.15) is 0 Å². The number of carbonyl (C=O) groups is 4. The summed E-state index contributed by atoms with van der Waals surface area (Å²) in [6.07, 6.45) is 0. The molecule has 0 aromatic heterocycles. The first kappa shape index (κ1) is 49.7. The van der Waals surface area contributed by atoms with Crippen molar-refractivity contribution in [3.63, 3.8) is 0 Å². The molecule has 0 aliphatic heterocycles. The number of carbonyl (C=O) groups excluding carboxylic acids is 4. The second-order valence-electron chi connectivity index (χ2n) is 2.37. The number of carboxylic acids is 4. The molecule has 0 bridgehead atoms. The predicted octanol–water partition coefficient (Wildman–Crippen LogP) is -8.74. The molecule has 0 aromatic rings. The van der Waals surface area contributed by atoms with Crippen molar-refractivity contribution >= 4 is 106 Å². The third-order valence-corrected chi connectivity index (χ3v) is 0. The Bertz CT molecular complexity index is 337. The first-order valence-electron chi connectivity index (χ1n) is 4.30. The minimum absolute atomic E-state index is 0. The van der Waals surface area contributed by atoms with Gasteiger partial charge in [0.1, 0.15) is 0 Å². The molecule has 0 saturated carbocycles. The zero-order valence-electron chi connectivity index (χ0n) is 12.8. The quantitative estimate of drug-likeness (QED) is 0.206. The van der Waals surface area contributed by atoms with E-state index in [9.17, 15) is 0 Å². The van der Waals surface area contributed by atoms with E-state index in [0.29, 0.717) is 0 Å². The fraction of sp³-hybridized carbons (Fsp3) is 0.500. The summed E-state index contributed by atoms with van der Waals surface area (Å²) in [6, 6.07) is 0. The number of hydrogen-bond acceptors (Lipinski definition) is 12. The van der Waals surface area contributed by atoms with Gasteiger partial charge in [0.2, 0.25) is 0 Å². The summed E-state index contributed by atoms with van der Waals surface area (Å²) in [5, 5.41) is 35.6. The maximum absolute atomic E-state index is 8.89. The van der Waals surface area contributed by atoms with Gasteiger partial charge in [0, 0.05) is 23.9 Å². The molecule has 0 atom stereocenters. The van der Waals surface area contributed by atoms with Crippen LogP contribution in [0.15, 0.2) is 0 Å². The average Bonchev–Trinajstić information content (AvgIpc) is 1.91. The SMILES string of the molecule is CC(=O)[O-].CC(=O)[O-].CC(=O)[O-].CC(=O)[O-].[O]=[Cr](=[O])([O-])[O-].[Pb+2].[Pb+2].[Pb+2]. The summed E-state index contributed by atoms with van der Waals surface area (Å²) in [4.78, 5) is 35.6. The van der Waals surface area contributed by atoms with E-state index in [0.717, 1.165) is 27.7 Å². The molecule has 6 radical (unpaired) electrons. The maximum atomic E-state index is 8.89. The maximum Gasteiger partial charge on any atom is 2.00 e. The van der Waals surface area contributed by atoms with E-state index in [-0.39, 0.29) is 81.9 Å². The Morgan fingerprint density at radius 1 is 0.542 bits per heavy atom. The largest absolute Gasteiger partial charge is 2.00 e. The first-order chi connectivity index (χ1) is 8.93. The molecule has 0 amide bonds. The van der Waals surface area contributed by atoms with Crippen LogP contribution in [-0.2, 0) is 40.4 Å². The van der Waals surface area contributed by atoms with Gasteiger partial charge >= 0.3 is 111 Å². The smallest absolute Gasteiger partial charge is 2.00 e. The van der Waals surface area contributed by atoms with Crippen molar-refractivity contribution in [3.8, 4) is 0 Å². The van der Waals surface area contributed by atoms with Crippen LogP contribution in [0.5, 0.6) is 0 Å². The summed E-state index contributed by atoms with van der Waals surface area (Å²) < 4.78 is 34.4. The molecule has 12 nitrogen and oxygen atoms in total. The molecule has 0 N–H and O–H groups in total. The van der Waals surface area contributed by atoms with Crippen LogP contribution in [0.4, 0.5) is 0 Å². The molecule has 0 aliphatic rings. The van der Waals surface area contributed by atoms with Gasteiger partial charge in [0.15, 0.2) is 0 Å². The predicted molar refractivity (Wildman–Crippen MR) is 61.4 cm³/mol. The summed E-state index contributed by atoms with van der Waals surface area (Å²) in [5.41, 5.74) is 0. The monoisotopic (exact) mass is 976 g/mol. The van der Waals surface area contributed by atoms with Gasteiger partial charge in [-0.15, -0.1) is 0 Å². The molecular formula is C8H12CrO12Pb3. The Balaban J connectivity index is -0.0000000216. The molecule has 0 aliphatic carbocycles. The van der Waals surface area contributed by atoms with Gasteiger partial charge in [-0.05, 0) is 27.7 Å². The molecule has 134 valence electrons. The van der Waals surface area contributed by atoms with Crippen molar-refractivity contribution in [1.29, 1.82) is 0 Å². The Labute approximate surface area is 200 Å². The van der Waals surface area contributed by atoms with Crippen LogP contribution < -0.4 is 28.7 Å². The number of carboxylic acid groups (broad SMARTS) is 4. The molecule has 0 fully saturated rings.